The first-order chi connectivity index (χ1) is 9.61. The van der Waals surface area contributed by atoms with Gasteiger partial charge in [-0.2, -0.15) is 0 Å². The Balaban J connectivity index is 2.04. The second kappa shape index (κ2) is 7.26. The summed E-state index contributed by atoms with van der Waals surface area (Å²) in [6, 6.07) is 8.94. The molecule has 0 aliphatic heterocycles. The molecule has 1 aromatic rings. The van der Waals surface area contributed by atoms with Crippen LogP contribution in [0.15, 0.2) is 24.3 Å². The van der Waals surface area contributed by atoms with Crippen molar-refractivity contribution >= 4 is 0 Å². The van der Waals surface area contributed by atoms with Gasteiger partial charge in [0.1, 0.15) is 0 Å². The molecule has 1 heteroatoms. The molecule has 1 aliphatic rings. The van der Waals surface area contributed by atoms with Crippen molar-refractivity contribution in [1.29, 1.82) is 0 Å². The van der Waals surface area contributed by atoms with Gasteiger partial charge in [0, 0.05) is 6.54 Å². The summed E-state index contributed by atoms with van der Waals surface area (Å²) in [6.07, 6.45) is 8.30. The van der Waals surface area contributed by atoms with Crippen molar-refractivity contribution in [3.8, 4) is 0 Å². The lowest BCUT2D eigenvalue weighted by atomic mass is 9.70. The molecule has 20 heavy (non-hydrogen) atoms. The summed E-state index contributed by atoms with van der Waals surface area (Å²) in [5.74, 6) is 0.745. The molecule has 0 aromatic heterocycles. The van der Waals surface area contributed by atoms with Gasteiger partial charge in [0.05, 0.1) is 0 Å². The highest BCUT2D eigenvalue weighted by Crippen LogP contribution is 2.39. The van der Waals surface area contributed by atoms with Crippen LogP contribution in [0.2, 0.25) is 0 Å². The van der Waals surface area contributed by atoms with Crippen molar-refractivity contribution in [3.05, 3.63) is 35.4 Å². The molecule has 0 atom stereocenters. The maximum atomic E-state index is 3.74. The van der Waals surface area contributed by atoms with E-state index in [9.17, 15) is 0 Å². The highest BCUT2D eigenvalue weighted by Gasteiger charge is 2.32. The van der Waals surface area contributed by atoms with Crippen LogP contribution in [0, 0.1) is 18.3 Å². The van der Waals surface area contributed by atoms with Crippen molar-refractivity contribution in [1.82, 2.24) is 5.32 Å². The van der Waals surface area contributed by atoms with E-state index in [0.717, 1.165) is 12.5 Å². The van der Waals surface area contributed by atoms with Gasteiger partial charge in [0.25, 0.3) is 0 Å². The van der Waals surface area contributed by atoms with E-state index < -0.39 is 0 Å². The van der Waals surface area contributed by atoms with E-state index in [1.54, 1.807) is 5.56 Å². The summed E-state index contributed by atoms with van der Waals surface area (Å²) in [6.45, 7) is 9.19. The summed E-state index contributed by atoms with van der Waals surface area (Å²) in [5, 5.41) is 3.74. The second-order valence-electron chi connectivity index (χ2n) is 7.19. The lowest BCUT2D eigenvalue weighted by Crippen LogP contribution is -2.39. The van der Waals surface area contributed by atoms with Gasteiger partial charge in [-0.05, 0) is 55.2 Å². The largest absolute Gasteiger partial charge is 0.316 e. The van der Waals surface area contributed by atoms with Gasteiger partial charge in [0.2, 0.25) is 0 Å². The minimum atomic E-state index is 0.499. The monoisotopic (exact) mass is 273 g/mol. The molecule has 112 valence electrons. The number of rotatable bonds is 6. The van der Waals surface area contributed by atoms with Gasteiger partial charge < -0.3 is 5.32 Å². The van der Waals surface area contributed by atoms with E-state index in [-0.39, 0.29) is 0 Å². The van der Waals surface area contributed by atoms with E-state index in [2.05, 4.69) is 50.4 Å². The van der Waals surface area contributed by atoms with Crippen molar-refractivity contribution < 1.29 is 0 Å². The minimum Gasteiger partial charge on any atom is -0.316 e. The molecule has 1 nitrogen and oxygen atoms in total. The molecule has 0 radical (unpaired) electrons. The quantitative estimate of drug-likeness (QED) is 0.790. The van der Waals surface area contributed by atoms with Crippen LogP contribution in [0.25, 0.3) is 0 Å². The number of benzene rings is 1. The van der Waals surface area contributed by atoms with Gasteiger partial charge >= 0.3 is 0 Å². The number of aryl methyl sites for hydroxylation is 1. The molecule has 0 spiro atoms. The first-order valence-corrected chi connectivity index (χ1v) is 8.37. The molecule has 1 aliphatic carbocycles. The zero-order valence-corrected chi connectivity index (χ0v) is 13.5. The van der Waals surface area contributed by atoms with Crippen LogP contribution in [0.3, 0.4) is 0 Å². The van der Waals surface area contributed by atoms with Gasteiger partial charge in [-0.15, -0.1) is 0 Å². The molecule has 0 amide bonds. The Kier molecular flexibility index (Phi) is 5.65. The average Bonchev–Trinajstić information content (AvgIpc) is 2.42. The zero-order chi connectivity index (χ0) is 14.4. The Labute approximate surface area is 125 Å². The Morgan fingerprint density at radius 1 is 1.10 bits per heavy atom. The third-order valence-electron chi connectivity index (χ3n) is 4.79. The molecule has 0 heterocycles. The van der Waals surface area contributed by atoms with Crippen LogP contribution in [0.1, 0.15) is 57.1 Å². The Hall–Kier alpha value is -0.820. The van der Waals surface area contributed by atoms with Crippen molar-refractivity contribution in [2.75, 3.05) is 13.1 Å². The van der Waals surface area contributed by atoms with Gasteiger partial charge in [0.15, 0.2) is 0 Å². The number of hydrogen-bond donors (Lipinski definition) is 1. The van der Waals surface area contributed by atoms with Crippen LogP contribution in [0.5, 0.6) is 0 Å². The highest BCUT2D eigenvalue weighted by molar-refractivity contribution is 5.27. The predicted molar refractivity (Wildman–Crippen MR) is 88.1 cm³/mol. The molecular weight excluding hydrogens is 242 g/mol. The Morgan fingerprint density at radius 3 is 2.45 bits per heavy atom. The molecule has 0 bridgehead atoms. The van der Waals surface area contributed by atoms with Crippen molar-refractivity contribution in [2.45, 2.75) is 59.3 Å². The lowest BCUT2D eigenvalue weighted by Gasteiger charge is -2.38. The molecule has 2 rings (SSSR count). The molecule has 1 saturated carbocycles. The van der Waals surface area contributed by atoms with E-state index in [4.69, 9.17) is 0 Å². The number of hydrogen-bond acceptors (Lipinski definition) is 1. The molecule has 1 aromatic carbocycles. The van der Waals surface area contributed by atoms with Gasteiger partial charge in [-0.3, -0.25) is 0 Å². The summed E-state index contributed by atoms with van der Waals surface area (Å²) in [7, 11) is 0. The number of nitrogens with one attached hydrogen (secondary N) is 1. The molecule has 0 unspecified atom stereocenters. The molecule has 1 N–H and O–H groups in total. The first kappa shape index (κ1) is 15.6. The maximum Gasteiger partial charge on any atom is 0.00111 e. The van der Waals surface area contributed by atoms with Crippen LogP contribution in [0.4, 0.5) is 0 Å². The topological polar surface area (TPSA) is 12.0 Å². The standard InChI is InChI=1S/C19H31N/c1-16(2)14-20-15-19(11-7-4-8-12-19)13-18-10-6-5-9-17(18)3/h5-6,9-10,16,20H,4,7-8,11-15H2,1-3H3. The predicted octanol–water partition coefficient (Wildman–Crippen LogP) is 4.73. The first-order valence-electron chi connectivity index (χ1n) is 8.37. The van der Waals surface area contributed by atoms with E-state index in [1.807, 2.05) is 0 Å². The fourth-order valence-electron chi connectivity index (χ4n) is 3.56. The fourth-order valence-corrected chi connectivity index (χ4v) is 3.56. The smallest absolute Gasteiger partial charge is 0.00111 e. The van der Waals surface area contributed by atoms with Crippen LogP contribution < -0.4 is 5.32 Å². The van der Waals surface area contributed by atoms with Crippen molar-refractivity contribution in [3.63, 3.8) is 0 Å². The summed E-state index contributed by atoms with van der Waals surface area (Å²) < 4.78 is 0. The highest BCUT2D eigenvalue weighted by atomic mass is 14.9. The molecule has 0 saturated heterocycles. The van der Waals surface area contributed by atoms with E-state index in [1.165, 1.54) is 50.6 Å². The average molecular weight is 273 g/mol. The lowest BCUT2D eigenvalue weighted by molar-refractivity contribution is 0.179. The van der Waals surface area contributed by atoms with E-state index >= 15 is 0 Å². The Morgan fingerprint density at radius 2 is 1.80 bits per heavy atom. The van der Waals surface area contributed by atoms with Crippen LogP contribution in [-0.4, -0.2) is 13.1 Å². The fraction of sp³-hybridized carbons (Fsp3) is 0.684. The maximum absolute atomic E-state index is 3.74. The van der Waals surface area contributed by atoms with Crippen molar-refractivity contribution in [2.24, 2.45) is 11.3 Å². The van der Waals surface area contributed by atoms with Gasteiger partial charge in [-0.25, -0.2) is 0 Å². The van der Waals surface area contributed by atoms with Crippen LogP contribution >= 0.6 is 0 Å². The normalized spacial score (nSPS) is 18.4. The zero-order valence-electron chi connectivity index (χ0n) is 13.5. The SMILES string of the molecule is Cc1ccccc1CC1(CNCC(C)C)CCCCC1. The third-order valence-corrected chi connectivity index (χ3v) is 4.79. The van der Waals surface area contributed by atoms with Crippen LogP contribution in [-0.2, 0) is 6.42 Å². The minimum absolute atomic E-state index is 0.499. The molecule has 1 fully saturated rings. The van der Waals surface area contributed by atoms with Gasteiger partial charge in [-0.1, -0.05) is 57.4 Å². The third kappa shape index (κ3) is 4.34. The molecular formula is C19H31N. The summed E-state index contributed by atoms with van der Waals surface area (Å²) in [4.78, 5) is 0. The summed E-state index contributed by atoms with van der Waals surface area (Å²) >= 11 is 0. The Bertz CT molecular complexity index is 402. The van der Waals surface area contributed by atoms with E-state index in [0.29, 0.717) is 5.41 Å². The summed E-state index contributed by atoms with van der Waals surface area (Å²) in [5.41, 5.74) is 3.52. The second-order valence-corrected chi connectivity index (χ2v) is 7.19.